The van der Waals surface area contributed by atoms with Crippen molar-refractivity contribution in [1.82, 2.24) is 5.32 Å². The predicted molar refractivity (Wildman–Crippen MR) is 124 cm³/mol. The molecule has 10 nitrogen and oxygen atoms in total. The average Bonchev–Trinajstić information content (AvgIpc) is 3.46. The molecule has 12 heteroatoms. The van der Waals surface area contributed by atoms with E-state index in [1.807, 2.05) is 0 Å². The first-order valence-electron chi connectivity index (χ1n) is 9.84. The minimum atomic E-state index is -0.499. The third-order valence-corrected chi connectivity index (χ3v) is 6.54. The number of benzene rings is 1. The zero-order valence-electron chi connectivity index (χ0n) is 17.4. The second-order valence-corrected chi connectivity index (χ2v) is 9.26. The number of anilines is 1. The fourth-order valence-corrected chi connectivity index (χ4v) is 4.62. The first kappa shape index (κ1) is 24.4. The molecule has 0 radical (unpaired) electrons. The summed E-state index contributed by atoms with van der Waals surface area (Å²) in [5.41, 5.74) is 0.604. The summed E-state index contributed by atoms with van der Waals surface area (Å²) in [6, 6.07) is 8.48. The number of amides is 1. The lowest BCUT2D eigenvalue weighted by molar-refractivity contribution is -0.384. The quantitative estimate of drug-likeness (QED) is 0.233. The SMILES string of the molecule is C=CCOC(=O)c1ccc(NC(=O)[C@@H]2C[C@H](SC(=O)OCc3ccc([N+](=O)[O-])cc3)CN2)s1. The number of esters is 1. The zero-order chi connectivity index (χ0) is 23.8. The van der Waals surface area contributed by atoms with Gasteiger partial charge in [-0.05, 0) is 48.0 Å². The second-order valence-electron chi connectivity index (χ2n) is 6.94. The number of hydrogen-bond donors (Lipinski definition) is 2. The lowest BCUT2D eigenvalue weighted by Gasteiger charge is -2.10. The number of carbonyl (C=O) groups excluding carboxylic acids is 3. The Morgan fingerprint density at radius 1 is 1.24 bits per heavy atom. The average molecular weight is 492 g/mol. The van der Waals surface area contributed by atoms with E-state index >= 15 is 0 Å². The van der Waals surface area contributed by atoms with Gasteiger partial charge in [0.05, 0.1) is 16.0 Å². The number of ether oxygens (including phenoxy) is 2. The molecule has 2 N–H and O–H groups in total. The molecule has 1 amide bonds. The van der Waals surface area contributed by atoms with E-state index < -0.39 is 22.2 Å². The van der Waals surface area contributed by atoms with Crippen molar-refractivity contribution in [3.05, 3.63) is 69.6 Å². The van der Waals surface area contributed by atoms with Crippen molar-refractivity contribution < 1.29 is 28.8 Å². The molecule has 33 heavy (non-hydrogen) atoms. The van der Waals surface area contributed by atoms with E-state index in [1.54, 1.807) is 12.1 Å². The minimum absolute atomic E-state index is 0.00381. The summed E-state index contributed by atoms with van der Waals surface area (Å²) in [5, 5.41) is 16.4. The Bertz CT molecular complexity index is 1040. The fraction of sp³-hybridized carbons (Fsp3) is 0.286. The van der Waals surface area contributed by atoms with E-state index in [0.29, 0.717) is 28.4 Å². The van der Waals surface area contributed by atoms with Crippen molar-refractivity contribution >= 4 is 51.0 Å². The summed E-state index contributed by atoms with van der Waals surface area (Å²) >= 11 is 2.11. The molecule has 2 aromatic rings. The van der Waals surface area contributed by atoms with E-state index in [9.17, 15) is 24.5 Å². The summed E-state index contributed by atoms with van der Waals surface area (Å²) in [6.45, 7) is 4.05. The molecule has 3 rings (SSSR count). The maximum atomic E-state index is 12.5. The van der Waals surface area contributed by atoms with Gasteiger partial charge in [0.25, 0.3) is 5.69 Å². The van der Waals surface area contributed by atoms with Crippen molar-refractivity contribution in [2.75, 3.05) is 18.5 Å². The van der Waals surface area contributed by atoms with Gasteiger partial charge in [0.1, 0.15) is 18.1 Å². The molecule has 2 atom stereocenters. The number of hydrogen-bond acceptors (Lipinski definition) is 10. The minimum Gasteiger partial charge on any atom is -0.457 e. The van der Waals surface area contributed by atoms with Crippen LogP contribution in [0.15, 0.2) is 49.1 Å². The van der Waals surface area contributed by atoms with Crippen LogP contribution in [0.1, 0.15) is 21.7 Å². The Hall–Kier alpha value is -3.22. The third-order valence-electron chi connectivity index (χ3n) is 4.56. The van der Waals surface area contributed by atoms with Crippen LogP contribution >= 0.6 is 23.1 Å². The largest absolute Gasteiger partial charge is 0.457 e. The third kappa shape index (κ3) is 7.14. The molecule has 2 heterocycles. The molecule has 0 saturated carbocycles. The van der Waals surface area contributed by atoms with Gasteiger partial charge in [0, 0.05) is 23.9 Å². The van der Waals surface area contributed by atoms with Crippen LogP contribution in [-0.2, 0) is 20.9 Å². The van der Waals surface area contributed by atoms with Crippen LogP contribution in [0.5, 0.6) is 0 Å². The van der Waals surface area contributed by atoms with E-state index in [1.165, 1.54) is 30.3 Å². The van der Waals surface area contributed by atoms with Gasteiger partial charge in [-0.2, -0.15) is 0 Å². The number of nitrogens with zero attached hydrogens (tertiary/aromatic N) is 1. The van der Waals surface area contributed by atoms with E-state index in [2.05, 4.69) is 17.2 Å². The maximum absolute atomic E-state index is 12.5. The number of carbonyl (C=O) groups is 3. The van der Waals surface area contributed by atoms with Gasteiger partial charge in [-0.3, -0.25) is 14.9 Å². The van der Waals surface area contributed by atoms with Gasteiger partial charge in [-0.25, -0.2) is 9.59 Å². The van der Waals surface area contributed by atoms with Crippen molar-refractivity contribution in [3.8, 4) is 0 Å². The Balaban J connectivity index is 1.41. The highest BCUT2D eigenvalue weighted by atomic mass is 32.2. The van der Waals surface area contributed by atoms with Gasteiger partial charge in [0.2, 0.25) is 5.91 Å². The molecule has 1 fully saturated rings. The van der Waals surface area contributed by atoms with Gasteiger partial charge in [-0.1, -0.05) is 12.7 Å². The molecule has 1 aromatic heterocycles. The zero-order valence-corrected chi connectivity index (χ0v) is 19.0. The maximum Gasteiger partial charge on any atom is 0.367 e. The normalized spacial score (nSPS) is 17.2. The molecule has 0 unspecified atom stereocenters. The first-order valence-corrected chi connectivity index (χ1v) is 11.5. The number of nitro benzene ring substituents is 1. The topological polar surface area (TPSA) is 137 Å². The van der Waals surface area contributed by atoms with Crippen LogP contribution in [0.25, 0.3) is 0 Å². The predicted octanol–water partition coefficient (Wildman–Crippen LogP) is 3.74. The van der Waals surface area contributed by atoms with Crippen LogP contribution in [0.4, 0.5) is 15.5 Å². The summed E-state index contributed by atoms with van der Waals surface area (Å²) < 4.78 is 10.2. The summed E-state index contributed by atoms with van der Waals surface area (Å²) in [5.74, 6) is -0.742. The van der Waals surface area contributed by atoms with Crippen LogP contribution in [0, 0.1) is 10.1 Å². The highest BCUT2D eigenvalue weighted by molar-refractivity contribution is 8.13. The smallest absolute Gasteiger partial charge is 0.367 e. The molecule has 0 bridgehead atoms. The van der Waals surface area contributed by atoms with Crippen LogP contribution in [0.3, 0.4) is 0 Å². The van der Waals surface area contributed by atoms with E-state index in [-0.39, 0.29) is 30.1 Å². The number of thioether (sulfide) groups is 1. The fourth-order valence-electron chi connectivity index (χ4n) is 2.95. The van der Waals surface area contributed by atoms with Crippen molar-refractivity contribution in [1.29, 1.82) is 0 Å². The molecule has 1 aliphatic rings. The van der Waals surface area contributed by atoms with Crippen LogP contribution in [0.2, 0.25) is 0 Å². The lowest BCUT2D eigenvalue weighted by atomic mass is 10.2. The highest BCUT2D eigenvalue weighted by Crippen LogP contribution is 2.26. The first-order chi connectivity index (χ1) is 15.9. The van der Waals surface area contributed by atoms with E-state index in [0.717, 1.165) is 23.1 Å². The number of thiophene rings is 1. The summed E-state index contributed by atoms with van der Waals surface area (Å²) in [4.78, 5) is 47.0. The molecule has 0 aliphatic carbocycles. The van der Waals surface area contributed by atoms with Crippen molar-refractivity contribution in [3.63, 3.8) is 0 Å². The number of non-ortho nitro benzene ring substituents is 1. The van der Waals surface area contributed by atoms with Gasteiger partial charge >= 0.3 is 11.3 Å². The lowest BCUT2D eigenvalue weighted by Crippen LogP contribution is -2.35. The summed E-state index contributed by atoms with van der Waals surface area (Å²) in [6.07, 6.45) is 1.91. The Kier molecular flexibility index (Phi) is 8.58. The van der Waals surface area contributed by atoms with Gasteiger partial charge < -0.3 is 20.1 Å². The standard InChI is InChI=1S/C21H21N3O7S2/c1-2-9-30-20(26)17-7-8-18(33-17)23-19(25)16-10-15(11-22-16)32-21(27)31-12-13-3-5-14(6-4-13)24(28)29/h2-8,15-16,22H,1,9-12H2,(H,23,25)/t15-,16-/m0/s1. The molecular formula is C21H21N3O7S2. The van der Waals surface area contributed by atoms with Crippen LogP contribution in [-0.4, -0.2) is 46.5 Å². The van der Waals surface area contributed by atoms with E-state index in [4.69, 9.17) is 9.47 Å². The molecule has 0 spiro atoms. The molecular weight excluding hydrogens is 470 g/mol. The highest BCUT2D eigenvalue weighted by Gasteiger charge is 2.32. The Morgan fingerprint density at radius 2 is 2.00 bits per heavy atom. The van der Waals surface area contributed by atoms with Crippen LogP contribution < -0.4 is 10.6 Å². The molecule has 1 aliphatic heterocycles. The monoisotopic (exact) mass is 491 g/mol. The molecule has 174 valence electrons. The molecule has 1 saturated heterocycles. The molecule has 1 aromatic carbocycles. The van der Waals surface area contributed by atoms with Crippen molar-refractivity contribution in [2.45, 2.75) is 24.3 Å². The van der Waals surface area contributed by atoms with Crippen molar-refractivity contribution in [2.24, 2.45) is 0 Å². The number of rotatable bonds is 9. The second kappa shape index (κ2) is 11.6. The van der Waals surface area contributed by atoms with Gasteiger partial charge in [-0.15, -0.1) is 11.3 Å². The number of nitro groups is 1. The van der Waals surface area contributed by atoms with Gasteiger partial charge in [0.15, 0.2) is 0 Å². The summed E-state index contributed by atoms with van der Waals surface area (Å²) in [7, 11) is 0. The Morgan fingerprint density at radius 3 is 2.70 bits per heavy atom. The Labute approximate surface area is 197 Å². The number of nitrogens with one attached hydrogen (secondary N) is 2.